The molecule has 0 radical (unpaired) electrons. The predicted molar refractivity (Wildman–Crippen MR) is 118 cm³/mol. The highest BCUT2D eigenvalue weighted by molar-refractivity contribution is 6.21. The molecular weight excluding hydrogens is 380 g/mol. The lowest BCUT2D eigenvalue weighted by molar-refractivity contribution is -0.136. The van der Waals surface area contributed by atoms with Crippen molar-refractivity contribution in [1.82, 2.24) is 9.80 Å². The van der Waals surface area contributed by atoms with E-state index < -0.39 is 5.92 Å². The number of ketones is 2. The second-order valence-electron chi connectivity index (χ2n) is 9.03. The monoisotopic (exact) mass is 412 g/mol. The summed E-state index contributed by atoms with van der Waals surface area (Å²) in [7, 11) is 0. The third kappa shape index (κ3) is 5.75. The van der Waals surface area contributed by atoms with E-state index in [4.69, 9.17) is 0 Å². The van der Waals surface area contributed by atoms with Crippen LogP contribution in [-0.2, 0) is 9.59 Å². The van der Waals surface area contributed by atoms with Gasteiger partial charge in [-0.1, -0.05) is 32.0 Å². The molecule has 1 aliphatic heterocycles. The Bertz CT molecular complexity index is 791. The summed E-state index contributed by atoms with van der Waals surface area (Å²) < 4.78 is 0. The van der Waals surface area contributed by atoms with Gasteiger partial charge >= 0.3 is 6.03 Å². The maximum atomic E-state index is 12.4. The molecule has 3 rings (SSSR count). The van der Waals surface area contributed by atoms with E-state index in [1.165, 1.54) is 0 Å². The van der Waals surface area contributed by atoms with Gasteiger partial charge < -0.3 is 10.2 Å². The molecule has 30 heavy (non-hydrogen) atoms. The van der Waals surface area contributed by atoms with Crippen LogP contribution >= 0.6 is 0 Å². The van der Waals surface area contributed by atoms with Crippen LogP contribution in [0.3, 0.4) is 0 Å². The van der Waals surface area contributed by atoms with Gasteiger partial charge in [-0.2, -0.15) is 0 Å². The molecule has 1 heterocycles. The van der Waals surface area contributed by atoms with Crippen molar-refractivity contribution in [3.05, 3.63) is 30.3 Å². The van der Waals surface area contributed by atoms with Crippen LogP contribution in [0.15, 0.2) is 35.3 Å². The van der Waals surface area contributed by atoms with Gasteiger partial charge in [-0.05, 0) is 24.5 Å². The van der Waals surface area contributed by atoms with Gasteiger partial charge in [-0.25, -0.2) is 4.79 Å². The number of benzene rings is 1. The Labute approximate surface area is 178 Å². The number of amides is 2. The van der Waals surface area contributed by atoms with Crippen molar-refractivity contribution in [3.8, 4) is 0 Å². The zero-order valence-electron chi connectivity index (χ0n) is 18.2. The molecule has 2 amide bonds. The Balaban J connectivity index is 1.43. The molecule has 7 nitrogen and oxygen atoms in total. The number of hydrogen-bond donors (Lipinski definition) is 1. The van der Waals surface area contributed by atoms with Crippen LogP contribution in [0.25, 0.3) is 0 Å². The Morgan fingerprint density at radius 2 is 1.67 bits per heavy atom. The fourth-order valence-electron chi connectivity index (χ4n) is 4.21. The van der Waals surface area contributed by atoms with E-state index >= 15 is 0 Å². The van der Waals surface area contributed by atoms with E-state index in [2.05, 4.69) is 15.2 Å². The molecule has 1 aromatic rings. The Kier molecular flexibility index (Phi) is 7.02. The van der Waals surface area contributed by atoms with Crippen molar-refractivity contribution in [2.75, 3.05) is 44.6 Å². The van der Waals surface area contributed by atoms with E-state index in [0.29, 0.717) is 38.2 Å². The summed E-state index contributed by atoms with van der Waals surface area (Å²) in [6, 6.07) is 9.37. The van der Waals surface area contributed by atoms with Crippen LogP contribution in [0, 0.1) is 11.3 Å². The number of rotatable bonds is 5. The number of carbonyl (C=O) groups excluding carboxylic acids is 3. The van der Waals surface area contributed by atoms with Gasteiger partial charge in [0.25, 0.3) is 0 Å². The number of aliphatic imine (C=N–C) groups is 1. The lowest BCUT2D eigenvalue weighted by Crippen LogP contribution is -2.50. The number of para-hydroxylation sites is 1. The Morgan fingerprint density at radius 1 is 1.07 bits per heavy atom. The molecule has 2 aliphatic rings. The maximum Gasteiger partial charge on any atom is 0.321 e. The molecule has 1 saturated heterocycles. The zero-order valence-corrected chi connectivity index (χ0v) is 18.2. The van der Waals surface area contributed by atoms with Crippen molar-refractivity contribution >= 4 is 29.0 Å². The molecule has 162 valence electrons. The van der Waals surface area contributed by atoms with Gasteiger partial charge in [-0.3, -0.25) is 19.5 Å². The molecule has 1 saturated carbocycles. The highest BCUT2D eigenvalue weighted by Gasteiger charge is 2.40. The predicted octanol–water partition coefficient (Wildman–Crippen LogP) is 2.87. The van der Waals surface area contributed by atoms with Gasteiger partial charge in [0.2, 0.25) is 0 Å². The molecule has 2 fully saturated rings. The zero-order chi connectivity index (χ0) is 21.7. The topological polar surface area (TPSA) is 82.1 Å². The average Bonchev–Trinajstić information content (AvgIpc) is 2.67. The Hall–Kier alpha value is -2.54. The molecule has 7 heteroatoms. The summed E-state index contributed by atoms with van der Waals surface area (Å²) in [6.07, 6.45) is 0.868. The second kappa shape index (κ2) is 9.51. The summed E-state index contributed by atoms with van der Waals surface area (Å²) in [5, 5.41) is 2.92. The normalized spacial score (nSPS) is 21.0. The smallest absolute Gasteiger partial charge is 0.321 e. The maximum absolute atomic E-state index is 12.4. The minimum atomic E-state index is -0.656. The molecule has 0 unspecified atom stereocenters. The molecule has 0 aromatic heterocycles. The summed E-state index contributed by atoms with van der Waals surface area (Å²) in [5.74, 6) is -0.664. The number of piperazine rings is 1. The van der Waals surface area contributed by atoms with Gasteiger partial charge in [-0.15, -0.1) is 0 Å². The minimum absolute atomic E-state index is 0.00413. The van der Waals surface area contributed by atoms with Crippen LogP contribution < -0.4 is 5.32 Å². The molecular formula is C23H32N4O3. The third-order valence-corrected chi connectivity index (χ3v) is 5.83. The first kappa shape index (κ1) is 22.2. The molecule has 1 aliphatic carbocycles. The first-order valence-electron chi connectivity index (χ1n) is 10.6. The van der Waals surface area contributed by atoms with Crippen molar-refractivity contribution in [2.45, 2.75) is 33.6 Å². The Morgan fingerprint density at radius 3 is 2.27 bits per heavy atom. The summed E-state index contributed by atoms with van der Waals surface area (Å²) >= 11 is 0. The second-order valence-corrected chi connectivity index (χ2v) is 9.03. The van der Waals surface area contributed by atoms with Gasteiger partial charge in [0, 0.05) is 57.0 Å². The minimum Gasteiger partial charge on any atom is -0.322 e. The number of nitrogens with one attached hydrogen (secondary N) is 1. The highest BCUT2D eigenvalue weighted by Crippen LogP contribution is 2.34. The van der Waals surface area contributed by atoms with Crippen molar-refractivity contribution in [3.63, 3.8) is 0 Å². The first-order valence-corrected chi connectivity index (χ1v) is 10.6. The molecule has 1 aromatic carbocycles. The highest BCUT2D eigenvalue weighted by atomic mass is 16.2. The lowest BCUT2D eigenvalue weighted by atomic mass is 9.70. The molecule has 0 spiro atoms. The summed E-state index contributed by atoms with van der Waals surface area (Å²) in [5.41, 5.74) is 1.20. The van der Waals surface area contributed by atoms with Crippen molar-refractivity contribution < 1.29 is 14.4 Å². The molecule has 0 bridgehead atoms. The quantitative estimate of drug-likeness (QED) is 0.596. The standard InChI is InChI=1S/C23H32N4O3/c1-17(21-19(28)15-23(2,3)16-20(21)29)24-9-10-26-11-13-27(14-12-26)22(30)25-18-7-5-4-6-8-18/h4-8,21H,9-16H2,1-3H3,(H,25,30). The van der Waals surface area contributed by atoms with Crippen molar-refractivity contribution in [1.29, 1.82) is 0 Å². The van der Waals surface area contributed by atoms with Gasteiger partial charge in [0.1, 0.15) is 17.5 Å². The molecule has 0 atom stereocenters. The lowest BCUT2D eigenvalue weighted by Gasteiger charge is -2.34. The number of hydrogen-bond acceptors (Lipinski definition) is 5. The van der Waals surface area contributed by atoms with Gasteiger partial charge in [0.05, 0.1) is 6.54 Å². The largest absolute Gasteiger partial charge is 0.322 e. The van der Waals surface area contributed by atoms with Crippen LogP contribution in [0.2, 0.25) is 0 Å². The first-order chi connectivity index (χ1) is 14.2. The van der Waals surface area contributed by atoms with Crippen LogP contribution in [0.1, 0.15) is 33.6 Å². The van der Waals surface area contributed by atoms with E-state index in [-0.39, 0.29) is 23.0 Å². The SMILES string of the molecule is CC(=NCCN1CCN(C(=O)Nc2ccccc2)CC1)C1C(=O)CC(C)(C)CC1=O. The van der Waals surface area contributed by atoms with Gasteiger partial charge in [0.15, 0.2) is 0 Å². The molecule has 1 N–H and O–H groups in total. The summed E-state index contributed by atoms with van der Waals surface area (Å²) in [6.45, 7) is 9.93. The fraction of sp³-hybridized carbons (Fsp3) is 0.565. The third-order valence-electron chi connectivity index (χ3n) is 5.83. The van der Waals surface area contributed by atoms with E-state index in [1.807, 2.05) is 49.1 Å². The van der Waals surface area contributed by atoms with Crippen molar-refractivity contribution in [2.24, 2.45) is 16.3 Å². The number of carbonyl (C=O) groups is 3. The van der Waals surface area contributed by atoms with E-state index in [1.54, 1.807) is 6.92 Å². The summed E-state index contributed by atoms with van der Waals surface area (Å²) in [4.78, 5) is 45.8. The fourth-order valence-corrected chi connectivity index (χ4v) is 4.21. The number of anilines is 1. The van der Waals surface area contributed by atoms with E-state index in [9.17, 15) is 14.4 Å². The van der Waals surface area contributed by atoms with Crippen LogP contribution in [-0.4, -0.2) is 72.4 Å². The number of urea groups is 1. The number of Topliss-reactive ketones (excluding diaryl/α,β-unsaturated/α-hetero) is 2. The number of nitrogens with zero attached hydrogens (tertiary/aromatic N) is 3. The average molecular weight is 413 g/mol. The van der Waals surface area contributed by atoms with Crippen LogP contribution in [0.4, 0.5) is 10.5 Å². The van der Waals surface area contributed by atoms with E-state index in [0.717, 1.165) is 25.3 Å². The van der Waals surface area contributed by atoms with Crippen LogP contribution in [0.5, 0.6) is 0 Å².